The summed E-state index contributed by atoms with van der Waals surface area (Å²) >= 11 is 1.51. The SMILES string of the molecule is C=CCn1c(C)cc(-c2csc(CC(=O)NCc3ccco3)n2)c1C. The third kappa shape index (κ3) is 3.91. The second-order valence-corrected chi connectivity index (χ2v) is 6.79. The Morgan fingerprint density at radius 1 is 1.48 bits per heavy atom. The van der Waals surface area contributed by atoms with Gasteiger partial charge in [0.15, 0.2) is 0 Å². The van der Waals surface area contributed by atoms with Gasteiger partial charge in [-0.15, -0.1) is 17.9 Å². The zero-order chi connectivity index (χ0) is 17.8. The lowest BCUT2D eigenvalue weighted by Crippen LogP contribution is -2.24. The molecule has 25 heavy (non-hydrogen) atoms. The first kappa shape index (κ1) is 17.2. The van der Waals surface area contributed by atoms with Crippen molar-refractivity contribution >= 4 is 17.2 Å². The Morgan fingerprint density at radius 3 is 3.04 bits per heavy atom. The third-order valence-electron chi connectivity index (χ3n) is 4.06. The van der Waals surface area contributed by atoms with Crippen molar-refractivity contribution in [1.82, 2.24) is 14.9 Å². The van der Waals surface area contributed by atoms with Gasteiger partial charge in [-0.1, -0.05) is 6.08 Å². The Hall–Kier alpha value is -2.60. The molecule has 0 radical (unpaired) electrons. The van der Waals surface area contributed by atoms with E-state index in [1.807, 2.05) is 17.5 Å². The molecule has 0 spiro atoms. The molecule has 1 N–H and O–H groups in total. The second-order valence-electron chi connectivity index (χ2n) is 5.84. The molecule has 0 unspecified atom stereocenters. The summed E-state index contributed by atoms with van der Waals surface area (Å²) in [6.07, 6.45) is 3.76. The molecule has 0 saturated carbocycles. The third-order valence-corrected chi connectivity index (χ3v) is 4.91. The van der Waals surface area contributed by atoms with E-state index in [0.29, 0.717) is 6.54 Å². The topological polar surface area (TPSA) is 60.1 Å². The van der Waals surface area contributed by atoms with Crippen molar-refractivity contribution in [3.63, 3.8) is 0 Å². The van der Waals surface area contributed by atoms with E-state index in [4.69, 9.17) is 4.42 Å². The van der Waals surface area contributed by atoms with Gasteiger partial charge in [0.25, 0.3) is 0 Å². The highest BCUT2D eigenvalue weighted by Crippen LogP contribution is 2.28. The van der Waals surface area contributed by atoms with Gasteiger partial charge < -0.3 is 14.3 Å². The number of hydrogen-bond acceptors (Lipinski definition) is 4. The predicted octanol–water partition coefficient (Wildman–Crippen LogP) is 3.87. The summed E-state index contributed by atoms with van der Waals surface area (Å²) in [7, 11) is 0. The summed E-state index contributed by atoms with van der Waals surface area (Å²) in [5.41, 5.74) is 4.37. The first-order valence-corrected chi connectivity index (χ1v) is 8.98. The predicted molar refractivity (Wildman–Crippen MR) is 99.5 cm³/mol. The molecule has 3 rings (SSSR count). The van der Waals surface area contributed by atoms with E-state index in [1.165, 1.54) is 17.0 Å². The summed E-state index contributed by atoms with van der Waals surface area (Å²) < 4.78 is 7.41. The van der Waals surface area contributed by atoms with Crippen LogP contribution in [0.25, 0.3) is 11.3 Å². The largest absolute Gasteiger partial charge is 0.467 e. The van der Waals surface area contributed by atoms with E-state index in [2.05, 4.69) is 41.4 Å². The maximum absolute atomic E-state index is 12.1. The fourth-order valence-corrected chi connectivity index (χ4v) is 3.58. The lowest BCUT2D eigenvalue weighted by molar-refractivity contribution is -0.120. The summed E-state index contributed by atoms with van der Waals surface area (Å²) in [4.78, 5) is 16.7. The van der Waals surface area contributed by atoms with Crippen molar-refractivity contribution in [2.45, 2.75) is 33.4 Å². The highest BCUT2D eigenvalue weighted by atomic mass is 32.1. The summed E-state index contributed by atoms with van der Waals surface area (Å²) in [5.74, 6) is 0.678. The molecule has 5 nitrogen and oxygen atoms in total. The number of nitrogens with one attached hydrogen (secondary N) is 1. The zero-order valence-electron chi connectivity index (χ0n) is 14.4. The molecule has 0 aromatic carbocycles. The summed E-state index contributed by atoms with van der Waals surface area (Å²) in [6.45, 7) is 9.15. The van der Waals surface area contributed by atoms with Crippen molar-refractivity contribution in [2.75, 3.05) is 0 Å². The Morgan fingerprint density at radius 2 is 2.32 bits per heavy atom. The lowest BCUT2D eigenvalue weighted by atomic mass is 10.2. The Balaban J connectivity index is 1.67. The molecule has 0 fully saturated rings. The first-order valence-electron chi connectivity index (χ1n) is 8.10. The molecule has 0 atom stereocenters. The van der Waals surface area contributed by atoms with Crippen LogP contribution in [0.1, 0.15) is 22.2 Å². The number of amides is 1. The summed E-state index contributed by atoms with van der Waals surface area (Å²) in [5, 5.41) is 5.66. The lowest BCUT2D eigenvalue weighted by Gasteiger charge is -2.05. The maximum atomic E-state index is 12.1. The molecule has 0 bridgehead atoms. The maximum Gasteiger partial charge on any atom is 0.227 e. The van der Waals surface area contributed by atoms with Gasteiger partial charge in [0.2, 0.25) is 5.91 Å². The van der Waals surface area contributed by atoms with Gasteiger partial charge in [-0.25, -0.2) is 4.98 Å². The van der Waals surface area contributed by atoms with Crippen molar-refractivity contribution in [3.8, 4) is 11.3 Å². The fourth-order valence-electron chi connectivity index (χ4n) is 2.78. The number of furan rings is 1. The highest BCUT2D eigenvalue weighted by molar-refractivity contribution is 7.10. The molecule has 3 aromatic heterocycles. The van der Waals surface area contributed by atoms with E-state index < -0.39 is 0 Å². The van der Waals surface area contributed by atoms with Crippen molar-refractivity contribution < 1.29 is 9.21 Å². The van der Waals surface area contributed by atoms with Crippen LogP contribution in [-0.4, -0.2) is 15.5 Å². The van der Waals surface area contributed by atoms with Crippen LogP contribution in [0.3, 0.4) is 0 Å². The smallest absolute Gasteiger partial charge is 0.227 e. The van der Waals surface area contributed by atoms with E-state index in [9.17, 15) is 4.79 Å². The van der Waals surface area contributed by atoms with Gasteiger partial charge in [0, 0.05) is 28.9 Å². The van der Waals surface area contributed by atoms with Gasteiger partial charge >= 0.3 is 0 Å². The van der Waals surface area contributed by atoms with E-state index in [0.717, 1.165) is 34.3 Å². The number of nitrogens with zero attached hydrogens (tertiary/aromatic N) is 2. The quantitative estimate of drug-likeness (QED) is 0.655. The number of carbonyl (C=O) groups excluding carboxylic acids is 1. The molecule has 3 aromatic rings. The number of carbonyl (C=O) groups is 1. The fraction of sp³-hybridized carbons (Fsp3) is 0.263. The molecular weight excluding hydrogens is 334 g/mol. The van der Waals surface area contributed by atoms with Gasteiger partial charge in [-0.05, 0) is 32.0 Å². The van der Waals surface area contributed by atoms with Crippen LogP contribution < -0.4 is 5.32 Å². The highest BCUT2D eigenvalue weighted by Gasteiger charge is 2.14. The van der Waals surface area contributed by atoms with Crippen LogP contribution in [0.15, 0.2) is 46.9 Å². The molecular formula is C19H21N3O2S. The number of aryl methyl sites for hydroxylation is 1. The minimum absolute atomic E-state index is 0.0607. The van der Waals surface area contributed by atoms with E-state index in [-0.39, 0.29) is 12.3 Å². The molecule has 0 aliphatic heterocycles. The van der Waals surface area contributed by atoms with Crippen LogP contribution >= 0.6 is 11.3 Å². The summed E-state index contributed by atoms with van der Waals surface area (Å²) in [6, 6.07) is 5.77. The van der Waals surface area contributed by atoms with Crippen molar-refractivity contribution in [3.05, 3.63) is 64.7 Å². The van der Waals surface area contributed by atoms with Gasteiger partial charge in [-0.2, -0.15) is 0 Å². The minimum atomic E-state index is -0.0607. The Kier molecular flexibility index (Phi) is 5.19. The molecule has 130 valence electrons. The molecule has 0 aliphatic carbocycles. The Labute approximate surface area is 151 Å². The number of rotatable bonds is 7. The normalized spacial score (nSPS) is 10.8. The molecule has 0 aliphatic rings. The molecule has 1 amide bonds. The van der Waals surface area contributed by atoms with E-state index >= 15 is 0 Å². The number of hydrogen-bond donors (Lipinski definition) is 1. The van der Waals surface area contributed by atoms with E-state index in [1.54, 1.807) is 12.3 Å². The zero-order valence-corrected chi connectivity index (χ0v) is 15.2. The van der Waals surface area contributed by atoms with Crippen molar-refractivity contribution in [1.29, 1.82) is 0 Å². The number of thiazole rings is 1. The molecule has 0 saturated heterocycles. The minimum Gasteiger partial charge on any atom is -0.467 e. The monoisotopic (exact) mass is 355 g/mol. The standard InChI is InChI=1S/C19H21N3O2S/c1-4-7-22-13(2)9-16(14(22)3)17-12-25-19(21-17)10-18(23)20-11-15-6-5-8-24-15/h4-6,8-9,12H,1,7,10-11H2,2-3H3,(H,20,23). The number of aromatic nitrogens is 2. The van der Waals surface area contributed by atoms with Crippen molar-refractivity contribution in [2.24, 2.45) is 0 Å². The van der Waals surface area contributed by atoms with Crippen LogP contribution in [0.2, 0.25) is 0 Å². The molecule has 3 heterocycles. The Bertz CT molecular complexity index is 875. The van der Waals surface area contributed by atoms with Crippen LogP contribution in [-0.2, 0) is 24.3 Å². The van der Waals surface area contributed by atoms with Gasteiger partial charge in [-0.3, -0.25) is 4.79 Å². The van der Waals surface area contributed by atoms with Gasteiger partial charge in [0.1, 0.15) is 10.8 Å². The van der Waals surface area contributed by atoms with Crippen LogP contribution in [0.4, 0.5) is 0 Å². The van der Waals surface area contributed by atoms with Gasteiger partial charge in [0.05, 0.1) is 24.9 Å². The first-order chi connectivity index (χ1) is 12.1. The average molecular weight is 355 g/mol. The van der Waals surface area contributed by atoms with Crippen LogP contribution in [0, 0.1) is 13.8 Å². The average Bonchev–Trinajstić information content (AvgIpc) is 3.31. The molecule has 6 heteroatoms. The number of allylic oxidation sites excluding steroid dienone is 1. The second kappa shape index (κ2) is 7.53. The van der Waals surface area contributed by atoms with Crippen LogP contribution in [0.5, 0.6) is 0 Å².